The highest BCUT2D eigenvalue weighted by atomic mass is 19.1. The first-order valence-corrected chi connectivity index (χ1v) is 6.86. The van der Waals surface area contributed by atoms with E-state index in [0.29, 0.717) is 11.3 Å². The number of hydrogen-bond acceptors (Lipinski definition) is 3. The number of halogens is 1. The van der Waals surface area contributed by atoms with Gasteiger partial charge in [-0.05, 0) is 37.8 Å². The molecule has 0 aromatic heterocycles. The van der Waals surface area contributed by atoms with E-state index < -0.39 is 0 Å². The SMILES string of the molecule is COc1cccc(F)c1C(C)NC1CCCC1CO. The zero-order chi connectivity index (χ0) is 13.8. The molecule has 1 aromatic carbocycles. The third-order valence-corrected chi connectivity index (χ3v) is 4.02. The number of benzene rings is 1. The molecule has 2 N–H and O–H groups in total. The van der Waals surface area contributed by atoms with Crippen LogP contribution in [-0.2, 0) is 0 Å². The van der Waals surface area contributed by atoms with Crippen LogP contribution in [0, 0.1) is 11.7 Å². The largest absolute Gasteiger partial charge is 0.496 e. The van der Waals surface area contributed by atoms with Crippen molar-refractivity contribution < 1.29 is 14.2 Å². The van der Waals surface area contributed by atoms with Gasteiger partial charge in [-0.15, -0.1) is 0 Å². The number of ether oxygens (including phenoxy) is 1. The van der Waals surface area contributed by atoms with E-state index in [9.17, 15) is 9.50 Å². The minimum Gasteiger partial charge on any atom is -0.496 e. The lowest BCUT2D eigenvalue weighted by Gasteiger charge is -2.25. The Balaban J connectivity index is 2.13. The number of rotatable bonds is 5. The number of aliphatic hydroxyl groups is 1. The second-order valence-electron chi connectivity index (χ2n) is 5.22. The average molecular weight is 267 g/mol. The Labute approximate surface area is 113 Å². The minimum atomic E-state index is -0.252. The maximum absolute atomic E-state index is 14.0. The molecule has 19 heavy (non-hydrogen) atoms. The van der Waals surface area contributed by atoms with Gasteiger partial charge in [-0.3, -0.25) is 0 Å². The van der Waals surface area contributed by atoms with Gasteiger partial charge in [-0.1, -0.05) is 12.5 Å². The molecule has 0 bridgehead atoms. The van der Waals surface area contributed by atoms with Crippen LogP contribution in [0.1, 0.15) is 37.8 Å². The molecule has 1 fully saturated rings. The second-order valence-corrected chi connectivity index (χ2v) is 5.22. The molecule has 3 nitrogen and oxygen atoms in total. The molecular weight excluding hydrogens is 245 g/mol. The van der Waals surface area contributed by atoms with Crippen LogP contribution >= 0.6 is 0 Å². The predicted octanol–water partition coefficient (Wildman–Crippen LogP) is 2.65. The molecule has 1 aromatic rings. The first-order chi connectivity index (χ1) is 9.17. The van der Waals surface area contributed by atoms with Crippen LogP contribution in [0.3, 0.4) is 0 Å². The van der Waals surface area contributed by atoms with Gasteiger partial charge in [0.05, 0.1) is 7.11 Å². The molecule has 4 heteroatoms. The van der Waals surface area contributed by atoms with Gasteiger partial charge in [-0.2, -0.15) is 0 Å². The van der Waals surface area contributed by atoms with Gasteiger partial charge in [0.1, 0.15) is 11.6 Å². The molecule has 1 aliphatic rings. The van der Waals surface area contributed by atoms with Gasteiger partial charge in [0.25, 0.3) is 0 Å². The van der Waals surface area contributed by atoms with Gasteiger partial charge in [0, 0.05) is 24.3 Å². The first kappa shape index (κ1) is 14.3. The Hall–Kier alpha value is -1.13. The van der Waals surface area contributed by atoms with E-state index in [-0.39, 0.29) is 30.4 Å². The topological polar surface area (TPSA) is 41.5 Å². The van der Waals surface area contributed by atoms with E-state index in [1.807, 2.05) is 6.92 Å². The number of nitrogens with one attached hydrogen (secondary N) is 1. The smallest absolute Gasteiger partial charge is 0.131 e. The fraction of sp³-hybridized carbons (Fsp3) is 0.600. The Kier molecular flexibility index (Phi) is 4.77. The summed E-state index contributed by atoms with van der Waals surface area (Å²) in [6.45, 7) is 2.13. The van der Waals surface area contributed by atoms with Crippen molar-refractivity contribution in [3.05, 3.63) is 29.6 Å². The predicted molar refractivity (Wildman–Crippen MR) is 72.7 cm³/mol. The summed E-state index contributed by atoms with van der Waals surface area (Å²) in [6.07, 6.45) is 3.19. The zero-order valence-electron chi connectivity index (χ0n) is 11.5. The summed E-state index contributed by atoms with van der Waals surface area (Å²) < 4.78 is 19.2. The number of methoxy groups -OCH3 is 1. The summed E-state index contributed by atoms with van der Waals surface area (Å²) in [5, 5.41) is 12.8. The second kappa shape index (κ2) is 6.35. The van der Waals surface area contributed by atoms with E-state index in [0.717, 1.165) is 19.3 Å². The zero-order valence-corrected chi connectivity index (χ0v) is 11.5. The Bertz CT molecular complexity index is 425. The average Bonchev–Trinajstić information content (AvgIpc) is 2.85. The van der Waals surface area contributed by atoms with E-state index >= 15 is 0 Å². The van der Waals surface area contributed by atoms with Gasteiger partial charge >= 0.3 is 0 Å². The van der Waals surface area contributed by atoms with Crippen molar-refractivity contribution in [2.24, 2.45) is 5.92 Å². The van der Waals surface area contributed by atoms with Crippen molar-refractivity contribution >= 4 is 0 Å². The molecule has 0 heterocycles. The molecule has 1 aliphatic carbocycles. The summed E-state index contributed by atoms with van der Waals surface area (Å²) in [5.74, 6) is 0.594. The van der Waals surface area contributed by atoms with Crippen molar-refractivity contribution in [1.82, 2.24) is 5.32 Å². The molecule has 3 atom stereocenters. The fourth-order valence-electron chi connectivity index (χ4n) is 2.99. The molecule has 0 aliphatic heterocycles. The maximum atomic E-state index is 14.0. The highest BCUT2D eigenvalue weighted by Crippen LogP contribution is 2.31. The van der Waals surface area contributed by atoms with Gasteiger partial charge < -0.3 is 15.2 Å². The van der Waals surface area contributed by atoms with Crippen molar-refractivity contribution in [2.45, 2.75) is 38.3 Å². The number of hydrogen-bond donors (Lipinski definition) is 2. The molecule has 0 saturated heterocycles. The molecule has 106 valence electrons. The highest BCUT2D eigenvalue weighted by Gasteiger charge is 2.29. The van der Waals surface area contributed by atoms with Crippen molar-refractivity contribution in [3.63, 3.8) is 0 Å². The monoisotopic (exact) mass is 267 g/mol. The van der Waals surface area contributed by atoms with Crippen LogP contribution in [0.25, 0.3) is 0 Å². The van der Waals surface area contributed by atoms with Gasteiger partial charge in [0.2, 0.25) is 0 Å². The molecule has 0 spiro atoms. The molecule has 3 unspecified atom stereocenters. The van der Waals surface area contributed by atoms with Crippen LogP contribution in [0.4, 0.5) is 4.39 Å². The molecular formula is C15H22FNO2. The van der Waals surface area contributed by atoms with Crippen LogP contribution in [0.2, 0.25) is 0 Å². The minimum absolute atomic E-state index is 0.131. The van der Waals surface area contributed by atoms with Crippen molar-refractivity contribution in [2.75, 3.05) is 13.7 Å². The van der Waals surface area contributed by atoms with E-state index in [1.54, 1.807) is 19.2 Å². The van der Waals surface area contributed by atoms with E-state index in [4.69, 9.17) is 4.74 Å². The normalized spacial score (nSPS) is 24.4. The van der Waals surface area contributed by atoms with Gasteiger partial charge in [-0.25, -0.2) is 4.39 Å². The van der Waals surface area contributed by atoms with E-state index in [2.05, 4.69) is 5.32 Å². The van der Waals surface area contributed by atoms with Crippen LogP contribution < -0.4 is 10.1 Å². The summed E-state index contributed by atoms with van der Waals surface area (Å²) in [4.78, 5) is 0. The van der Waals surface area contributed by atoms with Crippen molar-refractivity contribution in [3.8, 4) is 5.75 Å². The summed E-state index contributed by atoms with van der Waals surface area (Å²) in [6, 6.07) is 5.00. The lowest BCUT2D eigenvalue weighted by Crippen LogP contribution is -2.36. The third-order valence-electron chi connectivity index (χ3n) is 4.02. The Morgan fingerprint density at radius 2 is 2.26 bits per heavy atom. The Morgan fingerprint density at radius 3 is 2.95 bits per heavy atom. The molecule has 0 amide bonds. The molecule has 1 saturated carbocycles. The maximum Gasteiger partial charge on any atom is 0.131 e. The standard InChI is InChI=1S/C15H22FNO2/c1-10(17-13-7-3-5-11(13)9-18)15-12(16)6-4-8-14(15)19-2/h4,6,8,10-11,13,17-18H,3,5,7,9H2,1-2H3. The lowest BCUT2D eigenvalue weighted by molar-refractivity contribution is 0.200. The quantitative estimate of drug-likeness (QED) is 0.861. The fourth-order valence-corrected chi connectivity index (χ4v) is 2.99. The highest BCUT2D eigenvalue weighted by molar-refractivity contribution is 5.37. The summed E-state index contributed by atoms with van der Waals surface area (Å²) >= 11 is 0. The molecule has 0 radical (unpaired) electrons. The van der Waals surface area contributed by atoms with E-state index in [1.165, 1.54) is 6.07 Å². The number of aliphatic hydroxyl groups excluding tert-OH is 1. The lowest BCUT2D eigenvalue weighted by atomic mass is 10.0. The van der Waals surface area contributed by atoms with Crippen molar-refractivity contribution in [1.29, 1.82) is 0 Å². The first-order valence-electron chi connectivity index (χ1n) is 6.86. The summed E-state index contributed by atoms with van der Waals surface area (Å²) in [7, 11) is 1.55. The Morgan fingerprint density at radius 1 is 1.47 bits per heavy atom. The van der Waals surface area contributed by atoms with Crippen LogP contribution in [-0.4, -0.2) is 24.9 Å². The van der Waals surface area contributed by atoms with Gasteiger partial charge in [0.15, 0.2) is 0 Å². The van der Waals surface area contributed by atoms with Crippen LogP contribution in [0.15, 0.2) is 18.2 Å². The molecule has 2 rings (SSSR count). The summed E-state index contributed by atoms with van der Waals surface area (Å²) in [5.41, 5.74) is 0.564. The van der Waals surface area contributed by atoms with Crippen LogP contribution in [0.5, 0.6) is 5.75 Å². The third kappa shape index (κ3) is 3.07.